The fourth-order valence-corrected chi connectivity index (χ4v) is 5.56. The van der Waals surface area contributed by atoms with Crippen LogP contribution in [0, 0.1) is 31.0 Å². The van der Waals surface area contributed by atoms with Gasteiger partial charge in [-0.3, -0.25) is 0 Å². The molecule has 3 aromatic carbocycles. The number of anilines is 1. The van der Waals surface area contributed by atoms with Crippen molar-refractivity contribution >= 4 is 11.9 Å². The molecule has 1 fully saturated rings. The second-order valence-corrected chi connectivity index (χ2v) is 12.6. The number of piperidine rings is 1. The summed E-state index contributed by atoms with van der Waals surface area (Å²) in [5.41, 5.74) is 4.03. The van der Waals surface area contributed by atoms with Gasteiger partial charge in [0, 0.05) is 30.3 Å². The van der Waals surface area contributed by atoms with E-state index in [0.29, 0.717) is 65.4 Å². The standard InChI is InChI=1S/C37H39FN4O4/c1-23-11-12-26(20-31(23)43)32-33(27-13-14-28(21-39)30(38)19-27)41-35(24(2)34(32)45-22-25-9-7-6-8-10-25)42-17-15-29(16-18-42)40-36(44)46-37(3,4)5/h6-14,19-20,29,43H,15-18,22H2,1-5H3,(H,40,44). The van der Waals surface area contributed by atoms with Gasteiger partial charge in [-0.2, -0.15) is 5.26 Å². The van der Waals surface area contributed by atoms with Crippen LogP contribution in [0.2, 0.25) is 0 Å². The van der Waals surface area contributed by atoms with E-state index in [9.17, 15) is 15.2 Å². The number of rotatable bonds is 7. The van der Waals surface area contributed by atoms with Crippen LogP contribution in [0.4, 0.5) is 15.0 Å². The molecule has 0 bridgehead atoms. The summed E-state index contributed by atoms with van der Waals surface area (Å²) >= 11 is 0. The third-order valence-corrected chi connectivity index (χ3v) is 7.96. The molecule has 1 saturated heterocycles. The van der Waals surface area contributed by atoms with Crippen LogP contribution in [-0.4, -0.2) is 40.9 Å². The van der Waals surface area contributed by atoms with Crippen LogP contribution in [0.3, 0.4) is 0 Å². The molecular weight excluding hydrogens is 583 g/mol. The van der Waals surface area contributed by atoms with Crippen molar-refractivity contribution in [3.8, 4) is 40.0 Å². The largest absolute Gasteiger partial charge is 0.508 e. The molecular formula is C37H39FN4O4. The molecule has 0 radical (unpaired) electrons. The number of hydrogen-bond acceptors (Lipinski definition) is 7. The Hall–Kier alpha value is -5.10. The lowest BCUT2D eigenvalue weighted by atomic mass is 9.94. The number of aromatic nitrogens is 1. The Labute approximate surface area is 269 Å². The Bertz CT molecular complexity index is 1770. The third kappa shape index (κ3) is 7.40. The number of pyridine rings is 1. The van der Waals surface area contributed by atoms with Crippen molar-refractivity contribution in [3.05, 3.63) is 94.8 Å². The average molecular weight is 623 g/mol. The van der Waals surface area contributed by atoms with Gasteiger partial charge in [-0.1, -0.05) is 48.5 Å². The molecule has 0 atom stereocenters. The summed E-state index contributed by atoms with van der Waals surface area (Å²) in [7, 11) is 0. The highest BCUT2D eigenvalue weighted by Gasteiger charge is 2.29. The summed E-state index contributed by atoms with van der Waals surface area (Å²) in [5.74, 6) is 0.705. The number of phenolic OH excluding ortho intramolecular Hbond substituents is 1. The van der Waals surface area contributed by atoms with Gasteiger partial charge in [-0.05, 0) is 82.3 Å². The molecule has 8 nitrogen and oxygen atoms in total. The van der Waals surface area contributed by atoms with Gasteiger partial charge in [0.2, 0.25) is 0 Å². The smallest absolute Gasteiger partial charge is 0.407 e. The number of alkyl carbamates (subject to hydrolysis) is 1. The quantitative estimate of drug-likeness (QED) is 0.216. The number of carbonyl (C=O) groups excluding carboxylic acids is 1. The lowest BCUT2D eigenvalue weighted by Crippen LogP contribution is -2.46. The second kappa shape index (κ2) is 13.5. The molecule has 9 heteroatoms. The van der Waals surface area contributed by atoms with Gasteiger partial charge in [-0.15, -0.1) is 0 Å². The van der Waals surface area contributed by atoms with E-state index in [1.165, 1.54) is 12.1 Å². The SMILES string of the molecule is Cc1ccc(-c2c(-c3ccc(C#N)c(F)c3)nc(N3CCC(NC(=O)OC(C)(C)C)CC3)c(C)c2OCc2ccccc2)cc1O. The third-order valence-electron chi connectivity index (χ3n) is 7.96. The van der Waals surface area contributed by atoms with Crippen LogP contribution in [0.15, 0.2) is 66.7 Å². The minimum atomic E-state index is -0.651. The molecule has 238 valence electrons. The van der Waals surface area contributed by atoms with Gasteiger partial charge in [0.1, 0.15) is 41.4 Å². The van der Waals surface area contributed by atoms with E-state index in [1.54, 1.807) is 12.1 Å². The number of halogens is 1. The number of nitrogens with one attached hydrogen (secondary N) is 1. The van der Waals surface area contributed by atoms with Crippen molar-refractivity contribution in [1.82, 2.24) is 10.3 Å². The predicted octanol–water partition coefficient (Wildman–Crippen LogP) is 7.82. The molecule has 0 aliphatic carbocycles. The van der Waals surface area contributed by atoms with Crippen LogP contribution in [0.5, 0.6) is 11.5 Å². The van der Waals surface area contributed by atoms with Crippen molar-refractivity contribution in [2.24, 2.45) is 0 Å². The summed E-state index contributed by atoms with van der Waals surface area (Å²) in [6.45, 7) is 10.8. The molecule has 1 aliphatic heterocycles. The van der Waals surface area contributed by atoms with Crippen molar-refractivity contribution < 1.29 is 23.8 Å². The van der Waals surface area contributed by atoms with Crippen molar-refractivity contribution in [1.29, 1.82) is 5.26 Å². The van der Waals surface area contributed by atoms with E-state index in [2.05, 4.69) is 10.2 Å². The number of amides is 1. The highest BCUT2D eigenvalue weighted by molar-refractivity contribution is 5.89. The molecule has 2 N–H and O–H groups in total. The highest BCUT2D eigenvalue weighted by Crippen LogP contribution is 2.45. The Morgan fingerprint density at radius 1 is 1.07 bits per heavy atom. The van der Waals surface area contributed by atoms with E-state index in [0.717, 1.165) is 11.1 Å². The van der Waals surface area contributed by atoms with Gasteiger partial charge in [0.15, 0.2) is 0 Å². The number of carbonyl (C=O) groups is 1. The van der Waals surface area contributed by atoms with Gasteiger partial charge in [0.05, 0.1) is 16.8 Å². The molecule has 1 aromatic heterocycles. The number of phenols is 1. The average Bonchev–Trinajstić information content (AvgIpc) is 3.01. The number of ether oxygens (including phenoxy) is 2. The van der Waals surface area contributed by atoms with Crippen molar-refractivity contribution in [3.63, 3.8) is 0 Å². The summed E-state index contributed by atoms with van der Waals surface area (Å²) in [4.78, 5) is 19.7. The molecule has 0 saturated carbocycles. The normalized spacial score (nSPS) is 13.6. The Balaban J connectivity index is 1.60. The number of aryl methyl sites for hydroxylation is 1. The first kappa shape index (κ1) is 32.3. The fraction of sp³-hybridized carbons (Fsp3) is 0.324. The maximum atomic E-state index is 15.1. The summed E-state index contributed by atoms with van der Waals surface area (Å²) in [5, 5.41) is 23.1. The molecule has 1 amide bonds. The minimum Gasteiger partial charge on any atom is -0.508 e. The van der Waals surface area contributed by atoms with E-state index in [-0.39, 0.29) is 24.0 Å². The van der Waals surface area contributed by atoms with Gasteiger partial charge in [-0.25, -0.2) is 14.2 Å². The first-order valence-electron chi connectivity index (χ1n) is 15.4. The first-order valence-corrected chi connectivity index (χ1v) is 15.4. The fourth-order valence-electron chi connectivity index (χ4n) is 5.56. The van der Waals surface area contributed by atoms with Crippen LogP contribution in [-0.2, 0) is 11.3 Å². The second-order valence-electron chi connectivity index (χ2n) is 12.6. The number of aromatic hydroxyl groups is 1. The monoisotopic (exact) mass is 622 g/mol. The van der Waals surface area contributed by atoms with Crippen LogP contribution < -0.4 is 15.0 Å². The molecule has 5 rings (SSSR count). The maximum absolute atomic E-state index is 15.1. The Morgan fingerprint density at radius 3 is 2.39 bits per heavy atom. The lowest BCUT2D eigenvalue weighted by Gasteiger charge is -2.35. The van der Waals surface area contributed by atoms with Crippen LogP contribution in [0.1, 0.15) is 55.9 Å². The summed E-state index contributed by atoms with van der Waals surface area (Å²) < 4.78 is 27.1. The number of benzene rings is 3. The lowest BCUT2D eigenvalue weighted by molar-refractivity contribution is 0.0497. The minimum absolute atomic E-state index is 0.0536. The summed E-state index contributed by atoms with van der Waals surface area (Å²) in [6, 6.07) is 21.4. The van der Waals surface area contributed by atoms with Gasteiger partial charge in [0.25, 0.3) is 0 Å². The molecule has 4 aromatic rings. The number of nitrogens with zero attached hydrogens (tertiary/aromatic N) is 3. The number of nitriles is 1. The van der Waals surface area contributed by atoms with E-state index in [4.69, 9.17) is 14.5 Å². The van der Waals surface area contributed by atoms with Gasteiger partial charge >= 0.3 is 6.09 Å². The van der Waals surface area contributed by atoms with Gasteiger partial charge < -0.3 is 24.8 Å². The van der Waals surface area contributed by atoms with E-state index in [1.807, 2.05) is 83.2 Å². The van der Waals surface area contributed by atoms with Crippen LogP contribution >= 0.6 is 0 Å². The number of hydrogen-bond donors (Lipinski definition) is 2. The zero-order valence-corrected chi connectivity index (χ0v) is 26.9. The van der Waals surface area contributed by atoms with Crippen molar-refractivity contribution in [2.45, 2.75) is 65.7 Å². The molecule has 2 heterocycles. The zero-order valence-electron chi connectivity index (χ0n) is 26.9. The van der Waals surface area contributed by atoms with Crippen LogP contribution in [0.25, 0.3) is 22.4 Å². The topological polar surface area (TPSA) is 108 Å². The highest BCUT2D eigenvalue weighted by atomic mass is 19.1. The maximum Gasteiger partial charge on any atom is 0.407 e. The molecule has 1 aliphatic rings. The van der Waals surface area contributed by atoms with E-state index >= 15 is 4.39 Å². The molecule has 0 spiro atoms. The zero-order chi connectivity index (χ0) is 33.0. The first-order chi connectivity index (χ1) is 21.9. The Morgan fingerprint density at radius 2 is 1.76 bits per heavy atom. The summed E-state index contributed by atoms with van der Waals surface area (Å²) in [6.07, 6.45) is 0.914. The predicted molar refractivity (Wildman–Crippen MR) is 176 cm³/mol. The molecule has 46 heavy (non-hydrogen) atoms. The Kier molecular flexibility index (Phi) is 9.47. The van der Waals surface area contributed by atoms with E-state index < -0.39 is 17.5 Å². The molecule has 0 unspecified atom stereocenters. The van der Waals surface area contributed by atoms with Crippen molar-refractivity contribution in [2.75, 3.05) is 18.0 Å².